The first-order valence-corrected chi connectivity index (χ1v) is 10.3. The van der Waals surface area contributed by atoms with Gasteiger partial charge in [-0.3, -0.25) is 9.69 Å². The monoisotopic (exact) mass is 410 g/mol. The molecule has 3 aromatic rings. The molecule has 2 aromatic carbocycles. The molecule has 27 heavy (non-hydrogen) atoms. The topological polar surface area (TPSA) is 32.7 Å². The van der Waals surface area contributed by atoms with Crippen molar-refractivity contribution in [2.24, 2.45) is 4.99 Å². The van der Waals surface area contributed by atoms with Crippen molar-refractivity contribution in [3.8, 4) is 10.4 Å². The smallest absolute Gasteiger partial charge is 0.266 e. The zero-order valence-electron chi connectivity index (χ0n) is 14.4. The number of hydrogen-bond acceptors (Lipinski definition) is 4. The van der Waals surface area contributed by atoms with Gasteiger partial charge in [-0.05, 0) is 59.8 Å². The highest BCUT2D eigenvalue weighted by molar-refractivity contribution is 8.18. The van der Waals surface area contributed by atoms with E-state index in [1.807, 2.05) is 42.5 Å². The van der Waals surface area contributed by atoms with Crippen molar-refractivity contribution in [3.63, 3.8) is 0 Å². The number of likely N-dealkylation sites (N-methyl/N-ethyl adjacent to an activating group) is 1. The van der Waals surface area contributed by atoms with Gasteiger partial charge in [0.25, 0.3) is 5.91 Å². The van der Waals surface area contributed by atoms with Gasteiger partial charge in [-0.15, -0.1) is 11.3 Å². The van der Waals surface area contributed by atoms with E-state index in [9.17, 15) is 4.79 Å². The molecular formula is C21H15ClN2OS2. The molecule has 0 aliphatic carbocycles. The highest BCUT2D eigenvalue weighted by Crippen LogP contribution is 2.36. The molecule has 134 valence electrons. The van der Waals surface area contributed by atoms with Gasteiger partial charge < -0.3 is 0 Å². The first kappa shape index (κ1) is 18.0. The fraction of sp³-hybridized carbons (Fsp3) is 0.0476. The average molecular weight is 411 g/mol. The fourth-order valence-electron chi connectivity index (χ4n) is 2.59. The van der Waals surface area contributed by atoms with Gasteiger partial charge in [0.15, 0.2) is 5.17 Å². The largest absolute Gasteiger partial charge is 0.290 e. The number of hydrogen-bond donors (Lipinski definition) is 0. The molecule has 1 amide bonds. The Balaban J connectivity index is 1.58. The van der Waals surface area contributed by atoms with E-state index in [2.05, 4.69) is 23.2 Å². The van der Waals surface area contributed by atoms with Crippen molar-refractivity contribution in [1.82, 2.24) is 4.90 Å². The summed E-state index contributed by atoms with van der Waals surface area (Å²) in [6.45, 7) is 0. The van der Waals surface area contributed by atoms with E-state index >= 15 is 0 Å². The molecule has 0 unspecified atom stereocenters. The van der Waals surface area contributed by atoms with Crippen molar-refractivity contribution in [1.29, 1.82) is 0 Å². The summed E-state index contributed by atoms with van der Waals surface area (Å²) in [7, 11) is 1.74. The lowest BCUT2D eigenvalue weighted by Crippen LogP contribution is -2.23. The molecular weight excluding hydrogens is 396 g/mol. The van der Waals surface area contributed by atoms with Gasteiger partial charge in [0.05, 0.1) is 10.6 Å². The van der Waals surface area contributed by atoms with Crippen molar-refractivity contribution >= 4 is 57.5 Å². The molecule has 1 saturated heterocycles. The average Bonchev–Trinajstić information content (AvgIpc) is 3.26. The number of amides is 1. The second kappa shape index (κ2) is 7.72. The maximum absolute atomic E-state index is 12.6. The molecule has 1 aliphatic heterocycles. The predicted octanol–water partition coefficient (Wildman–Crippen LogP) is 6.30. The first-order chi connectivity index (χ1) is 13.1. The maximum Gasteiger partial charge on any atom is 0.266 e. The number of thioether (sulfide) groups is 1. The number of nitrogens with zero attached hydrogens (tertiary/aromatic N) is 2. The zero-order valence-corrected chi connectivity index (χ0v) is 16.8. The Morgan fingerprint density at radius 3 is 2.48 bits per heavy atom. The fourth-order valence-corrected chi connectivity index (χ4v) is 4.73. The third-order valence-corrected chi connectivity index (χ3v) is 6.41. The summed E-state index contributed by atoms with van der Waals surface area (Å²) in [4.78, 5) is 21.6. The first-order valence-electron chi connectivity index (χ1n) is 8.27. The summed E-state index contributed by atoms with van der Waals surface area (Å²) in [5, 5.41) is 1.32. The molecule has 0 bridgehead atoms. The Bertz CT molecular complexity index is 1040. The van der Waals surface area contributed by atoms with Gasteiger partial charge >= 0.3 is 0 Å². The quantitative estimate of drug-likeness (QED) is 0.474. The Morgan fingerprint density at radius 1 is 1.00 bits per heavy atom. The highest BCUT2D eigenvalue weighted by atomic mass is 35.5. The Hall–Kier alpha value is -2.34. The van der Waals surface area contributed by atoms with E-state index in [0.29, 0.717) is 15.1 Å². The molecule has 0 atom stereocenters. The van der Waals surface area contributed by atoms with Crippen molar-refractivity contribution < 1.29 is 4.79 Å². The number of aliphatic imine (C=N–C) groups is 1. The second-order valence-corrected chi connectivity index (χ2v) is 8.47. The standard InChI is InChI=1S/C21H15ClN2OS2/c1-24-20(25)19(27-21(24)23-16-9-7-15(22)8-10-16)13-17-11-12-18(26-17)14-5-3-2-4-6-14/h2-13H,1H3. The molecule has 2 heterocycles. The van der Waals surface area contributed by atoms with Crippen LogP contribution in [0, 0.1) is 0 Å². The lowest BCUT2D eigenvalue weighted by molar-refractivity contribution is -0.121. The summed E-state index contributed by atoms with van der Waals surface area (Å²) in [5.74, 6) is -0.0395. The number of carbonyl (C=O) groups excluding carboxylic acids is 1. The van der Waals surface area contributed by atoms with Crippen LogP contribution in [0.4, 0.5) is 5.69 Å². The number of benzene rings is 2. The lowest BCUT2D eigenvalue weighted by atomic mass is 10.2. The van der Waals surface area contributed by atoms with Crippen LogP contribution >= 0.6 is 34.7 Å². The van der Waals surface area contributed by atoms with Crippen LogP contribution in [0.15, 0.2) is 76.6 Å². The SMILES string of the molecule is CN1C(=O)C(=Cc2ccc(-c3ccccc3)s2)SC1=Nc1ccc(Cl)cc1. The van der Waals surface area contributed by atoms with Crippen LogP contribution in [0.2, 0.25) is 5.02 Å². The minimum absolute atomic E-state index is 0.0395. The number of carbonyl (C=O) groups is 1. The molecule has 0 spiro atoms. The molecule has 0 radical (unpaired) electrons. The Kier molecular flexibility index (Phi) is 5.16. The van der Waals surface area contributed by atoms with Crippen LogP contribution in [0.3, 0.4) is 0 Å². The van der Waals surface area contributed by atoms with Crippen LogP contribution in [0.5, 0.6) is 0 Å². The van der Waals surface area contributed by atoms with Gasteiger partial charge in [-0.25, -0.2) is 4.99 Å². The van der Waals surface area contributed by atoms with Crippen LogP contribution < -0.4 is 0 Å². The van der Waals surface area contributed by atoms with Crippen molar-refractivity contribution in [2.45, 2.75) is 0 Å². The van der Waals surface area contributed by atoms with Crippen molar-refractivity contribution in [3.05, 3.63) is 81.5 Å². The summed E-state index contributed by atoms with van der Waals surface area (Å²) in [5.41, 5.74) is 1.95. The van der Waals surface area contributed by atoms with Gasteiger partial charge in [-0.2, -0.15) is 0 Å². The van der Waals surface area contributed by atoms with Crippen LogP contribution in [-0.2, 0) is 4.79 Å². The number of amidine groups is 1. The van der Waals surface area contributed by atoms with Crippen LogP contribution in [-0.4, -0.2) is 23.0 Å². The number of thiophene rings is 1. The molecule has 1 fully saturated rings. The predicted molar refractivity (Wildman–Crippen MR) is 117 cm³/mol. The Morgan fingerprint density at radius 2 is 1.74 bits per heavy atom. The highest BCUT2D eigenvalue weighted by Gasteiger charge is 2.30. The summed E-state index contributed by atoms with van der Waals surface area (Å²) < 4.78 is 0. The van der Waals surface area contributed by atoms with Gasteiger partial charge in [-0.1, -0.05) is 41.9 Å². The molecule has 3 nitrogen and oxygen atoms in total. The minimum Gasteiger partial charge on any atom is -0.290 e. The second-order valence-electron chi connectivity index (χ2n) is 5.91. The van der Waals surface area contributed by atoms with Gasteiger partial charge in [0.2, 0.25) is 0 Å². The number of rotatable bonds is 3. The lowest BCUT2D eigenvalue weighted by Gasteiger charge is -2.06. The summed E-state index contributed by atoms with van der Waals surface area (Å²) in [6, 6.07) is 21.6. The summed E-state index contributed by atoms with van der Waals surface area (Å²) in [6.07, 6.45) is 1.94. The summed E-state index contributed by atoms with van der Waals surface area (Å²) >= 11 is 8.97. The molecule has 0 N–H and O–H groups in total. The third-order valence-electron chi connectivity index (χ3n) is 4.01. The van der Waals surface area contributed by atoms with Gasteiger partial charge in [0, 0.05) is 21.8 Å². The number of halogens is 1. The molecule has 1 aliphatic rings. The van der Waals surface area contributed by atoms with E-state index in [1.165, 1.54) is 22.2 Å². The molecule has 4 rings (SSSR count). The maximum atomic E-state index is 12.6. The van der Waals surface area contributed by atoms with E-state index in [1.54, 1.807) is 35.4 Å². The van der Waals surface area contributed by atoms with Gasteiger partial charge in [0.1, 0.15) is 0 Å². The molecule has 0 saturated carbocycles. The van der Waals surface area contributed by atoms with E-state index in [-0.39, 0.29) is 5.91 Å². The van der Waals surface area contributed by atoms with E-state index in [4.69, 9.17) is 11.6 Å². The van der Waals surface area contributed by atoms with Crippen LogP contribution in [0.1, 0.15) is 4.88 Å². The van der Waals surface area contributed by atoms with E-state index in [0.717, 1.165) is 10.6 Å². The zero-order chi connectivity index (χ0) is 18.8. The van der Waals surface area contributed by atoms with E-state index < -0.39 is 0 Å². The van der Waals surface area contributed by atoms with Crippen LogP contribution in [0.25, 0.3) is 16.5 Å². The molecule has 6 heteroatoms. The van der Waals surface area contributed by atoms with Crippen molar-refractivity contribution in [2.75, 3.05) is 7.05 Å². The minimum atomic E-state index is -0.0395. The Labute approximate surface area is 171 Å². The normalized spacial score (nSPS) is 17.3. The molecule has 1 aromatic heterocycles. The third kappa shape index (κ3) is 4.00.